The molecule has 6 heteroatoms. The van der Waals surface area contributed by atoms with Crippen LogP contribution >= 0.6 is 11.3 Å². The fraction of sp³-hybridized carbons (Fsp3) is 0.588. The van der Waals surface area contributed by atoms with Gasteiger partial charge in [0.2, 0.25) is 0 Å². The first-order valence-corrected chi connectivity index (χ1v) is 9.23. The van der Waals surface area contributed by atoms with E-state index in [-0.39, 0.29) is 0 Å². The molecule has 0 saturated carbocycles. The van der Waals surface area contributed by atoms with E-state index >= 15 is 0 Å². The van der Waals surface area contributed by atoms with Gasteiger partial charge in [-0.05, 0) is 51.6 Å². The number of nitrogens with zero attached hydrogens (tertiary/aromatic N) is 4. The second kappa shape index (κ2) is 7.84. The molecule has 2 aromatic rings. The predicted molar refractivity (Wildman–Crippen MR) is 94.8 cm³/mol. The summed E-state index contributed by atoms with van der Waals surface area (Å²) < 4.78 is 0. The van der Waals surface area contributed by atoms with Gasteiger partial charge in [0.15, 0.2) is 0 Å². The molecular weight excluding hydrogens is 306 g/mol. The van der Waals surface area contributed by atoms with Crippen molar-refractivity contribution in [3.63, 3.8) is 0 Å². The summed E-state index contributed by atoms with van der Waals surface area (Å²) in [5.74, 6) is 1.55. The number of anilines is 1. The first kappa shape index (κ1) is 16.3. The summed E-state index contributed by atoms with van der Waals surface area (Å²) in [6, 6.07) is 0. The van der Waals surface area contributed by atoms with E-state index in [0.717, 1.165) is 36.0 Å². The number of hydrogen-bond donors (Lipinski definition) is 1. The zero-order valence-corrected chi connectivity index (χ0v) is 14.8. The molecule has 23 heavy (non-hydrogen) atoms. The van der Waals surface area contributed by atoms with Crippen molar-refractivity contribution in [2.45, 2.75) is 39.2 Å². The average Bonchev–Trinajstić information content (AvgIpc) is 2.84. The number of likely N-dealkylation sites (tertiary alicyclic amines) is 1. The topological polar surface area (TPSA) is 53.9 Å². The van der Waals surface area contributed by atoms with Crippen molar-refractivity contribution < 1.29 is 0 Å². The van der Waals surface area contributed by atoms with E-state index in [4.69, 9.17) is 0 Å². The monoisotopic (exact) mass is 331 g/mol. The quantitative estimate of drug-likeness (QED) is 0.912. The Labute approximate surface area is 142 Å². The molecule has 0 bridgehead atoms. The molecule has 0 radical (unpaired) electrons. The minimum atomic E-state index is 0.715. The van der Waals surface area contributed by atoms with E-state index in [0.29, 0.717) is 5.92 Å². The highest BCUT2D eigenvalue weighted by molar-refractivity contribution is 7.09. The standard InChI is InChI=1S/C17H25N5S/c1-13-21-16(12-23-13)11-22-6-3-4-14(5-7-22)8-15-9-20-17(18-2)10-19-15/h9-10,12,14H,3-8,11H2,1-2H3,(H,18,20)/t14-/m0/s1. The molecule has 124 valence electrons. The largest absolute Gasteiger partial charge is 0.372 e. The van der Waals surface area contributed by atoms with Gasteiger partial charge in [0.25, 0.3) is 0 Å². The Hall–Kier alpha value is -1.53. The summed E-state index contributed by atoms with van der Waals surface area (Å²) in [4.78, 5) is 16.0. The molecule has 0 unspecified atom stereocenters. The maximum absolute atomic E-state index is 4.59. The summed E-state index contributed by atoms with van der Waals surface area (Å²) in [5.41, 5.74) is 2.33. The number of hydrogen-bond acceptors (Lipinski definition) is 6. The van der Waals surface area contributed by atoms with Crippen molar-refractivity contribution in [3.8, 4) is 0 Å². The van der Waals surface area contributed by atoms with Crippen LogP contribution in [0.25, 0.3) is 0 Å². The predicted octanol–water partition coefficient (Wildman–Crippen LogP) is 3.13. The lowest BCUT2D eigenvalue weighted by molar-refractivity contribution is 0.269. The Morgan fingerprint density at radius 2 is 2.13 bits per heavy atom. The molecule has 1 saturated heterocycles. The molecule has 0 amide bonds. The lowest BCUT2D eigenvalue weighted by Gasteiger charge is -2.19. The summed E-state index contributed by atoms with van der Waals surface area (Å²) in [6.07, 6.45) is 8.55. The summed E-state index contributed by atoms with van der Waals surface area (Å²) in [5, 5.41) is 6.37. The van der Waals surface area contributed by atoms with Crippen molar-refractivity contribution in [2.24, 2.45) is 5.92 Å². The van der Waals surface area contributed by atoms with Crippen LogP contribution in [0.3, 0.4) is 0 Å². The molecule has 2 aromatic heterocycles. The van der Waals surface area contributed by atoms with Gasteiger partial charge in [-0.2, -0.15) is 0 Å². The molecule has 5 nitrogen and oxygen atoms in total. The van der Waals surface area contributed by atoms with Gasteiger partial charge in [0.1, 0.15) is 5.82 Å². The van der Waals surface area contributed by atoms with Gasteiger partial charge in [-0.15, -0.1) is 11.3 Å². The number of nitrogens with one attached hydrogen (secondary N) is 1. The summed E-state index contributed by atoms with van der Waals surface area (Å²) in [6.45, 7) is 5.40. The van der Waals surface area contributed by atoms with Gasteiger partial charge in [-0.3, -0.25) is 9.88 Å². The normalized spacial score (nSPS) is 19.5. The molecule has 1 N–H and O–H groups in total. The van der Waals surface area contributed by atoms with Crippen LogP contribution in [-0.4, -0.2) is 40.0 Å². The Bertz CT molecular complexity index is 610. The van der Waals surface area contributed by atoms with Crippen LogP contribution in [0.2, 0.25) is 0 Å². The number of aromatic nitrogens is 3. The molecule has 1 atom stereocenters. The second-order valence-corrected chi connectivity index (χ2v) is 7.34. The van der Waals surface area contributed by atoms with Crippen LogP contribution in [0.5, 0.6) is 0 Å². The molecule has 0 aromatic carbocycles. The average molecular weight is 331 g/mol. The molecule has 1 fully saturated rings. The van der Waals surface area contributed by atoms with E-state index in [1.54, 1.807) is 11.3 Å². The van der Waals surface area contributed by atoms with E-state index in [2.05, 4.69) is 37.5 Å². The van der Waals surface area contributed by atoms with Crippen LogP contribution in [0.4, 0.5) is 5.82 Å². The fourth-order valence-electron chi connectivity index (χ4n) is 3.18. The highest BCUT2D eigenvalue weighted by Crippen LogP contribution is 2.22. The number of thiazole rings is 1. The van der Waals surface area contributed by atoms with Gasteiger partial charge in [-0.25, -0.2) is 9.97 Å². The third-order valence-corrected chi connectivity index (χ3v) is 5.27. The van der Waals surface area contributed by atoms with Crippen molar-refractivity contribution in [2.75, 3.05) is 25.5 Å². The smallest absolute Gasteiger partial charge is 0.144 e. The molecule has 3 heterocycles. The first-order chi connectivity index (χ1) is 11.2. The molecule has 3 rings (SSSR count). The van der Waals surface area contributed by atoms with Crippen molar-refractivity contribution >= 4 is 17.2 Å². The summed E-state index contributed by atoms with van der Waals surface area (Å²) >= 11 is 1.75. The zero-order chi connectivity index (χ0) is 16.1. The zero-order valence-electron chi connectivity index (χ0n) is 14.0. The van der Waals surface area contributed by atoms with Gasteiger partial charge >= 0.3 is 0 Å². The highest BCUT2D eigenvalue weighted by Gasteiger charge is 2.18. The van der Waals surface area contributed by atoms with Crippen molar-refractivity contribution in [1.82, 2.24) is 19.9 Å². The minimum absolute atomic E-state index is 0.715. The van der Waals surface area contributed by atoms with Gasteiger partial charge in [-0.1, -0.05) is 0 Å². The SMILES string of the molecule is CNc1cnc(C[C@H]2CCCN(Cc3csc(C)n3)CC2)cn1. The maximum atomic E-state index is 4.59. The fourth-order valence-corrected chi connectivity index (χ4v) is 3.79. The van der Waals surface area contributed by atoms with Crippen LogP contribution in [-0.2, 0) is 13.0 Å². The highest BCUT2D eigenvalue weighted by atomic mass is 32.1. The maximum Gasteiger partial charge on any atom is 0.144 e. The van der Waals surface area contributed by atoms with Crippen LogP contribution in [0.15, 0.2) is 17.8 Å². The Morgan fingerprint density at radius 3 is 2.83 bits per heavy atom. The Kier molecular flexibility index (Phi) is 5.56. The Morgan fingerprint density at radius 1 is 1.22 bits per heavy atom. The molecule has 0 spiro atoms. The molecule has 0 aliphatic carbocycles. The molecule has 1 aliphatic heterocycles. The van der Waals surface area contributed by atoms with E-state index in [1.165, 1.54) is 31.5 Å². The van der Waals surface area contributed by atoms with Crippen LogP contribution < -0.4 is 5.32 Å². The third-order valence-electron chi connectivity index (χ3n) is 4.45. The number of rotatable bonds is 5. The lowest BCUT2D eigenvalue weighted by Crippen LogP contribution is -2.24. The van der Waals surface area contributed by atoms with E-state index < -0.39 is 0 Å². The molecular formula is C17H25N5S. The second-order valence-electron chi connectivity index (χ2n) is 6.28. The third kappa shape index (κ3) is 4.72. The van der Waals surface area contributed by atoms with E-state index in [9.17, 15) is 0 Å². The van der Waals surface area contributed by atoms with Crippen LogP contribution in [0, 0.1) is 12.8 Å². The summed E-state index contributed by atoms with van der Waals surface area (Å²) in [7, 11) is 1.87. The first-order valence-electron chi connectivity index (χ1n) is 8.35. The van der Waals surface area contributed by atoms with E-state index in [1.807, 2.05) is 19.4 Å². The van der Waals surface area contributed by atoms with Crippen molar-refractivity contribution in [3.05, 3.63) is 34.2 Å². The number of aryl methyl sites for hydroxylation is 1. The van der Waals surface area contributed by atoms with Gasteiger partial charge < -0.3 is 5.32 Å². The minimum Gasteiger partial charge on any atom is -0.372 e. The van der Waals surface area contributed by atoms with Gasteiger partial charge in [0.05, 0.1) is 28.8 Å². The lowest BCUT2D eigenvalue weighted by atomic mass is 9.95. The van der Waals surface area contributed by atoms with Gasteiger partial charge in [0, 0.05) is 19.0 Å². The van der Waals surface area contributed by atoms with Crippen LogP contribution in [0.1, 0.15) is 35.7 Å². The molecule has 1 aliphatic rings. The van der Waals surface area contributed by atoms with Crippen molar-refractivity contribution in [1.29, 1.82) is 0 Å². The Balaban J connectivity index is 1.51.